The lowest BCUT2D eigenvalue weighted by molar-refractivity contribution is -0.130. The molecule has 20 heavy (non-hydrogen) atoms. The fourth-order valence-corrected chi connectivity index (χ4v) is 2.47. The molecule has 1 amide bonds. The zero-order valence-corrected chi connectivity index (χ0v) is 12.6. The Labute approximate surface area is 121 Å². The minimum Gasteiger partial charge on any atom is -0.378 e. The van der Waals surface area contributed by atoms with Crippen LogP contribution in [0.4, 0.5) is 5.69 Å². The summed E-state index contributed by atoms with van der Waals surface area (Å²) < 4.78 is 0. The Morgan fingerprint density at radius 2 is 1.95 bits per heavy atom. The topological polar surface area (TPSA) is 35.6 Å². The van der Waals surface area contributed by atoms with Gasteiger partial charge in [-0.3, -0.25) is 4.79 Å². The summed E-state index contributed by atoms with van der Waals surface area (Å²) in [4.78, 5) is 16.3. The Bertz CT molecular complexity index is 420. The van der Waals surface area contributed by atoms with Gasteiger partial charge in [-0.1, -0.05) is 12.1 Å². The van der Waals surface area contributed by atoms with Gasteiger partial charge in [0.2, 0.25) is 5.91 Å². The van der Waals surface area contributed by atoms with Crippen LogP contribution in [-0.4, -0.2) is 51.1 Å². The molecule has 2 rings (SSSR count). The van der Waals surface area contributed by atoms with Crippen molar-refractivity contribution >= 4 is 11.6 Å². The molecule has 1 N–H and O–H groups in total. The van der Waals surface area contributed by atoms with Crippen LogP contribution >= 0.6 is 0 Å². The van der Waals surface area contributed by atoms with Gasteiger partial charge < -0.3 is 15.1 Å². The molecule has 4 nitrogen and oxygen atoms in total. The number of rotatable bonds is 4. The lowest BCUT2D eigenvalue weighted by Crippen LogP contribution is -2.34. The van der Waals surface area contributed by atoms with Crippen LogP contribution in [0.15, 0.2) is 24.3 Å². The molecule has 110 valence electrons. The number of carbonyl (C=O) groups is 1. The molecule has 1 fully saturated rings. The molecule has 0 saturated carbocycles. The van der Waals surface area contributed by atoms with Crippen LogP contribution < -0.4 is 10.2 Å². The Morgan fingerprint density at radius 3 is 2.65 bits per heavy atom. The number of benzene rings is 1. The van der Waals surface area contributed by atoms with Crippen molar-refractivity contribution in [2.24, 2.45) is 0 Å². The van der Waals surface area contributed by atoms with Crippen molar-refractivity contribution < 1.29 is 4.79 Å². The van der Waals surface area contributed by atoms with E-state index in [1.807, 2.05) is 19.0 Å². The molecule has 0 atom stereocenters. The Balaban J connectivity index is 1.83. The maximum absolute atomic E-state index is 12.2. The minimum absolute atomic E-state index is 0.283. The van der Waals surface area contributed by atoms with E-state index in [4.69, 9.17) is 0 Å². The van der Waals surface area contributed by atoms with Crippen molar-refractivity contribution in [3.8, 4) is 0 Å². The summed E-state index contributed by atoms with van der Waals surface area (Å²) in [5.41, 5.74) is 2.43. The van der Waals surface area contributed by atoms with Gasteiger partial charge in [0, 0.05) is 45.8 Å². The molecule has 0 aromatic heterocycles. The average molecular weight is 275 g/mol. The highest BCUT2D eigenvalue weighted by Crippen LogP contribution is 2.14. The van der Waals surface area contributed by atoms with Crippen LogP contribution in [0, 0.1) is 0 Å². The number of nitrogens with one attached hydrogen (secondary N) is 1. The summed E-state index contributed by atoms with van der Waals surface area (Å²) in [5.74, 6) is 0.283. The van der Waals surface area contributed by atoms with Crippen LogP contribution in [0.1, 0.15) is 18.4 Å². The molecule has 1 aromatic carbocycles. The third kappa shape index (κ3) is 4.23. The first-order chi connectivity index (χ1) is 9.66. The third-order valence-electron chi connectivity index (χ3n) is 3.77. The zero-order chi connectivity index (χ0) is 14.4. The van der Waals surface area contributed by atoms with Gasteiger partial charge in [0.15, 0.2) is 0 Å². The van der Waals surface area contributed by atoms with E-state index >= 15 is 0 Å². The average Bonchev–Trinajstić information content (AvgIpc) is 2.74. The summed E-state index contributed by atoms with van der Waals surface area (Å²) in [5, 5.41) is 3.32. The molecule has 1 aromatic rings. The highest BCUT2D eigenvalue weighted by molar-refractivity contribution is 5.76. The lowest BCUT2D eigenvalue weighted by Gasteiger charge is -2.20. The van der Waals surface area contributed by atoms with E-state index in [1.165, 1.54) is 11.3 Å². The summed E-state index contributed by atoms with van der Waals surface area (Å²) in [6, 6.07) is 8.45. The second kappa shape index (κ2) is 7.29. The van der Waals surface area contributed by atoms with Crippen molar-refractivity contribution in [1.29, 1.82) is 0 Å². The predicted octanol–water partition coefficient (Wildman–Crippen LogP) is 1.51. The molecule has 4 heteroatoms. The summed E-state index contributed by atoms with van der Waals surface area (Å²) in [6.07, 6.45) is 2.50. The van der Waals surface area contributed by atoms with Crippen LogP contribution in [0.2, 0.25) is 0 Å². The standard InChI is InChI=1S/C16H25N3O/c1-18(2)15-7-4-14(5-8-15)6-9-16(20)19-12-3-10-17-11-13-19/h4-5,7-8,17H,3,6,9-13H2,1-2H3. The van der Waals surface area contributed by atoms with E-state index in [1.54, 1.807) is 0 Å². The van der Waals surface area contributed by atoms with Gasteiger partial charge in [0.05, 0.1) is 0 Å². The predicted molar refractivity (Wildman–Crippen MR) is 83.2 cm³/mol. The quantitative estimate of drug-likeness (QED) is 0.904. The number of amides is 1. The molecule has 1 aliphatic rings. The normalized spacial score (nSPS) is 15.8. The smallest absolute Gasteiger partial charge is 0.222 e. The van der Waals surface area contributed by atoms with Gasteiger partial charge in [-0.05, 0) is 37.1 Å². The number of hydrogen-bond donors (Lipinski definition) is 1. The Kier molecular flexibility index (Phi) is 5.41. The minimum atomic E-state index is 0.283. The second-order valence-electron chi connectivity index (χ2n) is 5.55. The fraction of sp³-hybridized carbons (Fsp3) is 0.562. The highest BCUT2D eigenvalue weighted by Gasteiger charge is 2.14. The first-order valence-corrected chi connectivity index (χ1v) is 7.41. The molecular weight excluding hydrogens is 250 g/mol. The summed E-state index contributed by atoms with van der Waals surface area (Å²) in [7, 11) is 4.07. The van der Waals surface area contributed by atoms with Gasteiger partial charge in [-0.15, -0.1) is 0 Å². The fourth-order valence-electron chi connectivity index (χ4n) is 2.47. The number of anilines is 1. The van der Waals surface area contributed by atoms with Crippen LogP contribution in [0.3, 0.4) is 0 Å². The summed E-state index contributed by atoms with van der Waals surface area (Å²) in [6.45, 7) is 3.68. The van der Waals surface area contributed by atoms with Gasteiger partial charge in [0.1, 0.15) is 0 Å². The molecule has 0 aliphatic carbocycles. The van der Waals surface area contributed by atoms with E-state index in [2.05, 4.69) is 34.5 Å². The Morgan fingerprint density at radius 1 is 1.20 bits per heavy atom. The van der Waals surface area contributed by atoms with Gasteiger partial charge in [0.25, 0.3) is 0 Å². The summed E-state index contributed by atoms with van der Waals surface area (Å²) >= 11 is 0. The van der Waals surface area contributed by atoms with Crippen LogP contribution in [0.5, 0.6) is 0 Å². The van der Waals surface area contributed by atoms with E-state index in [0.29, 0.717) is 6.42 Å². The molecule has 0 radical (unpaired) electrons. The first kappa shape index (κ1) is 14.9. The number of nitrogens with zero attached hydrogens (tertiary/aromatic N) is 2. The zero-order valence-electron chi connectivity index (χ0n) is 12.6. The van der Waals surface area contributed by atoms with Crippen molar-refractivity contribution in [3.05, 3.63) is 29.8 Å². The van der Waals surface area contributed by atoms with Gasteiger partial charge >= 0.3 is 0 Å². The lowest BCUT2D eigenvalue weighted by atomic mass is 10.1. The van der Waals surface area contributed by atoms with Crippen LogP contribution in [0.25, 0.3) is 0 Å². The monoisotopic (exact) mass is 275 g/mol. The number of aryl methyl sites for hydroxylation is 1. The van der Waals surface area contributed by atoms with E-state index in [-0.39, 0.29) is 5.91 Å². The number of carbonyl (C=O) groups excluding carboxylic acids is 1. The SMILES string of the molecule is CN(C)c1ccc(CCC(=O)N2CCCNCC2)cc1. The maximum atomic E-state index is 12.2. The Hall–Kier alpha value is -1.55. The van der Waals surface area contributed by atoms with Crippen molar-refractivity contribution in [2.45, 2.75) is 19.3 Å². The van der Waals surface area contributed by atoms with E-state index in [0.717, 1.165) is 39.0 Å². The molecule has 1 heterocycles. The van der Waals surface area contributed by atoms with Crippen LogP contribution in [-0.2, 0) is 11.2 Å². The maximum Gasteiger partial charge on any atom is 0.222 e. The van der Waals surface area contributed by atoms with E-state index < -0.39 is 0 Å². The van der Waals surface area contributed by atoms with Crippen molar-refractivity contribution in [2.75, 3.05) is 45.2 Å². The van der Waals surface area contributed by atoms with Gasteiger partial charge in [-0.25, -0.2) is 0 Å². The molecule has 0 bridgehead atoms. The molecule has 1 saturated heterocycles. The second-order valence-corrected chi connectivity index (χ2v) is 5.55. The van der Waals surface area contributed by atoms with Gasteiger partial charge in [-0.2, -0.15) is 0 Å². The molecule has 1 aliphatic heterocycles. The third-order valence-corrected chi connectivity index (χ3v) is 3.77. The first-order valence-electron chi connectivity index (χ1n) is 7.41. The molecule has 0 spiro atoms. The number of hydrogen-bond acceptors (Lipinski definition) is 3. The molecular formula is C16H25N3O. The van der Waals surface area contributed by atoms with Crippen molar-refractivity contribution in [3.63, 3.8) is 0 Å². The largest absolute Gasteiger partial charge is 0.378 e. The van der Waals surface area contributed by atoms with Crippen molar-refractivity contribution in [1.82, 2.24) is 10.2 Å². The van der Waals surface area contributed by atoms with E-state index in [9.17, 15) is 4.79 Å². The molecule has 0 unspecified atom stereocenters. The highest BCUT2D eigenvalue weighted by atomic mass is 16.2.